The number of carboxylic acid groups (broad SMARTS) is 1. The third kappa shape index (κ3) is 1.58. The number of likely N-dealkylation sites (N-methyl/N-ethyl adjacent to an activating group) is 1. The quantitative estimate of drug-likeness (QED) is 0.703. The second kappa shape index (κ2) is 3.68. The van der Waals surface area contributed by atoms with Crippen LogP contribution in [0.3, 0.4) is 0 Å². The zero-order chi connectivity index (χ0) is 11.2. The third-order valence-electron chi connectivity index (χ3n) is 2.72. The summed E-state index contributed by atoms with van der Waals surface area (Å²) >= 11 is 0. The summed E-state index contributed by atoms with van der Waals surface area (Å²) in [6.45, 7) is -2.18. The molecular formula is C9H14ClNO2. The molecule has 2 atom stereocenters. The Balaban J connectivity index is 0.00000128. The van der Waals surface area contributed by atoms with Crippen molar-refractivity contribution in [3.8, 4) is 0 Å². The second-order valence-electron chi connectivity index (χ2n) is 3.35. The van der Waals surface area contributed by atoms with E-state index in [2.05, 4.69) is 0 Å². The Kier molecular flexibility index (Phi) is 1.94. The van der Waals surface area contributed by atoms with E-state index >= 15 is 0 Å². The molecule has 0 amide bonds. The highest BCUT2D eigenvalue weighted by Crippen LogP contribution is 2.33. The molecule has 0 unspecified atom stereocenters. The van der Waals surface area contributed by atoms with Crippen molar-refractivity contribution < 1.29 is 14.0 Å². The number of carboxylic acids is 1. The van der Waals surface area contributed by atoms with Gasteiger partial charge in [0.05, 0.1) is 5.57 Å². The molecular weight excluding hydrogens is 190 g/mol. The summed E-state index contributed by atoms with van der Waals surface area (Å²) in [5, 5.41) is 8.96. The Labute approximate surface area is 88.0 Å². The highest BCUT2D eigenvalue weighted by molar-refractivity contribution is 5.88. The fourth-order valence-electron chi connectivity index (χ4n) is 2.05. The normalized spacial score (nSPS) is 36.6. The molecule has 2 bridgehead atoms. The maximum atomic E-state index is 10.9. The number of hydrogen-bond donors (Lipinski definition) is 1. The van der Waals surface area contributed by atoms with Crippen LogP contribution in [0.1, 0.15) is 23.4 Å². The largest absolute Gasteiger partial charge is 0.478 e. The first-order valence-corrected chi connectivity index (χ1v) is 4.13. The molecule has 0 saturated carbocycles. The van der Waals surface area contributed by atoms with Gasteiger partial charge in [0.1, 0.15) is 0 Å². The molecule has 1 fully saturated rings. The van der Waals surface area contributed by atoms with Gasteiger partial charge in [-0.1, -0.05) is 6.08 Å². The van der Waals surface area contributed by atoms with Gasteiger partial charge in [-0.15, -0.1) is 12.4 Å². The van der Waals surface area contributed by atoms with Crippen molar-refractivity contribution in [2.45, 2.75) is 31.3 Å². The molecule has 74 valence electrons. The van der Waals surface area contributed by atoms with E-state index < -0.39 is 19.0 Å². The summed E-state index contributed by atoms with van der Waals surface area (Å²) in [5.74, 6) is -0.991. The molecule has 1 saturated heterocycles. The average Bonchev–Trinajstić information content (AvgIpc) is 2.40. The molecule has 4 heteroatoms. The van der Waals surface area contributed by atoms with Crippen LogP contribution >= 0.6 is 12.4 Å². The van der Waals surface area contributed by atoms with Crippen LogP contribution < -0.4 is 0 Å². The van der Waals surface area contributed by atoms with Gasteiger partial charge in [0.2, 0.25) is 0 Å². The van der Waals surface area contributed by atoms with E-state index in [0.29, 0.717) is 12.8 Å². The van der Waals surface area contributed by atoms with Gasteiger partial charge in [0, 0.05) is 16.2 Å². The van der Waals surface area contributed by atoms with Crippen LogP contribution in [0.5, 0.6) is 0 Å². The minimum atomic E-state index is -2.18. The van der Waals surface area contributed by atoms with Crippen molar-refractivity contribution in [1.29, 1.82) is 0 Å². The third-order valence-corrected chi connectivity index (χ3v) is 2.72. The van der Waals surface area contributed by atoms with Crippen molar-refractivity contribution in [2.24, 2.45) is 0 Å². The molecule has 3 nitrogen and oxygen atoms in total. The van der Waals surface area contributed by atoms with Gasteiger partial charge in [-0.05, 0) is 26.2 Å². The molecule has 0 aliphatic carbocycles. The van der Waals surface area contributed by atoms with E-state index in [1.165, 1.54) is 4.90 Å². The minimum Gasteiger partial charge on any atom is -0.478 e. The van der Waals surface area contributed by atoms with Crippen LogP contribution in [0, 0.1) is 0 Å². The van der Waals surface area contributed by atoms with E-state index in [0.717, 1.165) is 6.42 Å². The highest BCUT2D eigenvalue weighted by Gasteiger charge is 2.37. The van der Waals surface area contributed by atoms with E-state index in [9.17, 15) is 4.79 Å². The number of carbonyl (C=O) groups is 1. The van der Waals surface area contributed by atoms with Crippen molar-refractivity contribution in [3.63, 3.8) is 0 Å². The molecule has 0 radical (unpaired) electrons. The van der Waals surface area contributed by atoms with Gasteiger partial charge in [0.25, 0.3) is 0 Å². The van der Waals surface area contributed by atoms with Gasteiger partial charge >= 0.3 is 5.97 Å². The Morgan fingerprint density at radius 1 is 1.77 bits per heavy atom. The lowest BCUT2D eigenvalue weighted by Gasteiger charge is -2.29. The molecule has 0 aromatic rings. The number of hydrogen-bond acceptors (Lipinski definition) is 2. The SMILES string of the molecule is Cl.[2H]C([2H])([2H])N1[C@@H]2CC=C(C(=O)O)[C@H]1CC2. The predicted molar refractivity (Wildman–Crippen MR) is 52.2 cm³/mol. The van der Waals surface area contributed by atoms with Crippen LogP contribution in [0.2, 0.25) is 0 Å². The Bertz CT molecular complexity index is 329. The van der Waals surface area contributed by atoms with E-state index in [1.807, 2.05) is 0 Å². The van der Waals surface area contributed by atoms with Gasteiger partial charge in [-0.2, -0.15) is 0 Å². The zero-order valence-corrected chi connectivity index (χ0v) is 7.88. The van der Waals surface area contributed by atoms with Gasteiger partial charge in [-0.25, -0.2) is 4.79 Å². The fourth-order valence-corrected chi connectivity index (χ4v) is 2.05. The molecule has 2 aliphatic heterocycles. The van der Waals surface area contributed by atoms with Crippen LogP contribution in [-0.2, 0) is 4.79 Å². The second-order valence-corrected chi connectivity index (χ2v) is 3.35. The van der Waals surface area contributed by atoms with E-state index in [4.69, 9.17) is 9.22 Å². The molecule has 0 aromatic heterocycles. The maximum absolute atomic E-state index is 10.9. The van der Waals surface area contributed by atoms with Gasteiger partial charge in [0.15, 0.2) is 0 Å². The molecule has 2 aliphatic rings. The molecule has 13 heavy (non-hydrogen) atoms. The van der Waals surface area contributed by atoms with Gasteiger partial charge in [-0.3, -0.25) is 4.90 Å². The molecule has 1 N–H and O–H groups in total. The first-order chi connectivity index (χ1) is 6.91. The first kappa shape index (κ1) is 6.85. The predicted octanol–water partition coefficient (Wildman–Crippen LogP) is 1.29. The molecule has 2 heterocycles. The number of rotatable bonds is 1. The smallest absolute Gasteiger partial charge is 0.332 e. The Hall–Kier alpha value is -0.540. The molecule has 2 rings (SSSR count). The van der Waals surface area contributed by atoms with E-state index in [-0.39, 0.29) is 24.0 Å². The minimum absolute atomic E-state index is 0. The monoisotopic (exact) mass is 206 g/mol. The number of aliphatic carboxylic acids is 1. The van der Waals surface area contributed by atoms with Crippen LogP contribution in [0.15, 0.2) is 11.6 Å². The Morgan fingerprint density at radius 2 is 2.54 bits per heavy atom. The molecule has 0 spiro atoms. The van der Waals surface area contributed by atoms with Crippen LogP contribution in [0.25, 0.3) is 0 Å². The number of nitrogens with zero attached hydrogens (tertiary/aromatic N) is 1. The summed E-state index contributed by atoms with van der Waals surface area (Å²) in [4.78, 5) is 12.3. The summed E-state index contributed by atoms with van der Waals surface area (Å²) in [6.07, 6.45) is 3.63. The summed E-state index contributed by atoms with van der Waals surface area (Å²) < 4.78 is 22.2. The lowest BCUT2D eigenvalue weighted by atomic mass is 10.0. The van der Waals surface area contributed by atoms with Crippen molar-refractivity contribution in [1.82, 2.24) is 4.90 Å². The van der Waals surface area contributed by atoms with Crippen molar-refractivity contribution in [3.05, 3.63) is 11.6 Å². The van der Waals surface area contributed by atoms with Gasteiger partial charge < -0.3 is 5.11 Å². The maximum Gasteiger partial charge on any atom is 0.332 e. The zero-order valence-electron chi connectivity index (χ0n) is 10.1. The van der Waals surface area contributed by atoms with E-state index in [1.54, 1.807) is 6.08 Å². The highest BCUT2D eigenvalue weighted by atomic mass is 35.5. The average molecular weight is 207 g/mol. The summed E-state index contributed by atoms with van der Waals surface area (Å²) in [7, 11) is 0. The first-order valence-electron chi connectivity index (χ1n) is 5.63. The summed E-state index contributed by atoms with van der Waals surface area (Å²) in [6, 6.07) is -0.431. The topological polar surface area (TPSA) is 40.5 Å². The fraction of sp³-hybridized carbons (Fsp3) is 0.667. The number of fused-ring (bicyclic) bond motifs is 2. The van der Waals surface area contributed by atoms with Crippen molar-refractivity contribution >= 4 is 18.4 Å². The van der Waals surface area contributed by atoms with Crippen LogP contribution in [0.4, 0.5) is 0 Å². The lowest BCUT2D eigenvalue weighted by Crippen LogP contribution is -2.38. The van der Waals surface area contributed by atoms with Crippen molar-refractivity contribution in [2.75, 3.05) is 6.98 Å². The Morgan fingerprint density at radius 3 is 3.15 bits per heavy atom. The molecule has 0 aromatic carbocycles. The lowest BCUT2D eigenvalue weighted by molar-refractivity contribution is -0.133. The standard InChI is InChI=1S/C9H13NO2.ClH/c1-10-6-2-4-7(9(11)12)8(10)5-3-6;/h4,6,8H,2-3,5H2,1H3,(H,11,12);1H/t6-,8-;/m1./s1/i1D3;. The number of halogens is 1. The summed E-state index contributed by atoms with van der Waals surface area (Å²) in [5.41, 5.74) is 0.250. The van der Waals surface area contributed by atoms with Crippen LogP contribution in [-0.4, -0.2) is 35.0 Å².